The summed E-state index contributed by atoms with van der Waals surface area (Å²) in [5.41, 5.74) is 0.812. The first-order chi connectivity index (χ1) is 12.4. The average molecular weight is 367 g/mol. The highest BCUT2D eigenvalue weighted by Gasteiger charge is 2.07. The van der Waals surface area contributed by atoms with Crippen LogP contribution < -0.4 is 15.4 Å². The summed E-state index contributed by atoms with van der Waals surface area (Å²) in [5, 5.41) is 29.7. The summed E-state index contributed by atoms with van der Waals surface area (Å²) in [4.78, 5) is 5.11. The Labute approximate surface area is 156 Å². The van der Waals surface area contributed by atoms with Crippen molar-refractivity contribution in [1.29, 1.82) is 0 Å². The molecule has 26 heavy (non-hydrogen) atoms. The smallest absolute Gasteiger partial charge is 0.144 e. The average Bonchev–Trinajstić information content (AvgIpc) is 2.60. The molecule has 7 heteroatoms. The molecule has 4 N–H and O–H groups in total. The third-order valence-electron chi connectivity index (χ3n) is 3.37. The number of benzene rings is 1. The minimum Gasteiger partial charge on any atom is -0.491 e. The number of aliphatic hydroxyl groups is 2. The van der Waals surface area contributed by atoms with Crippen molar-refractivity contribution in [2.24, 2.45) is 5.16 Å². The largest absolute Gasteiger partial charge is 0.491 e. The summed E-state index contributed by atoms with van der Waals surface area (Å²) in [6.45, 7) is 9.37. The number of aliphatic hydroxyl groups excluding tert-OH is 2. The van der Waals surface area contributed by atoms with E-state index in [0.717, 1.165) is 5.56 Å². The Balaban J connectivity index is 2.34. The first-order valence-electron chi connectivity index (χ1n) is 9.08. The Bertz CT molecular complexity index is 523. The van der Waals surface area contributed by atoms with Crippen molar-refractivity contribution in [3.05, 3.63) is 29.8 Å². The number of ether oxygens (including phenoxy) is 1. The lowest BCUT2D eigenvalue weighted by molar-refractivity contribution is 0.0401. The zero-order valence-electron chi connectivity index (χ0n) is 16.2. The van der Waals surface area contributed by atoms with E-state index >= 15 is 0 Å². The zero-order valence-corrected chi connectivity index (χ0v) is 16.2. The van der Waals surface area contributed by atoms with Gasteiger partial charge in [0.1, 0.15) is 31.2 Å². The summed E-state index contributed by atoms with van der Waals surface area (Å²) in [7, 11) is 0. The molecule has 1 aromatic carbocycles. The van der Waals surface area contributed by atoms with Gasteiger partial charge in [-0.05, 0) is 17.7 Å². The summed E-state index contributed by atoms with van der Waals surface area (Å²) in [5.74, 6) is 0.652. The van der Waals surface area contributed by atoms with Crippen LogP contribution in [0.15, 0.2) is 29.4 Å². The molecule has 1 aromatic rings. The molecular weight excluding hydrogens is 334 g/mol. The summed E-state index contributed by atoms with van der Waals surface area (Å²) in [6.07, 6.45) is 0.385. The molecule has 0 aliphatic carbocycles. The van der Waals surface area contributed by atoms with Crippen LogP contribution in [-0.4, -0.2) is 67.0 Å². The SMILES string of the molecule is CC(C)NCC(O)CO/N=C/c1cccc(OCC(O)CNC(C)C)c1. The van der Waals surface area contributed by atoms with Crippen molar-refractivity contribution in [1.82, 2.24) is 10.6 Å². The lowest BCUT2D eigenvalue weighted by Gasteiger charge is -2.15. The van der Waals surface area contributed by atoms with Gasteiger partial charge >= 0.3 is 0 Å². The highest BCUT2D eigenvalue weighted by atomic mass is 16.6. The predicted molar refractivity (Wildman–Crippen MR) is 104 cm³/mol. The van der Waals surface area contributed by atoms with Crippen molar-refractivity contribution < 1.29 is 19.8 Å². The number of hydrogen-bond donors (Lipinski definition) is 4. The number of hydrogen-bond acceptors (Lipinski definition) is 7. The van der Waals surface area contributed by atoms with Gasteiger partial charge in [-0.1, -0.05) is 45.0 Å². The molecule has 0 radical (unpaired) electrons. The maximum absolute atomic E-state index is 9.87. The molecule has 0 saturated carbocycles. The second kappa shape index (κ2) is 12.6. The van der Waals surface area contributed by atoms with E-state index < -0.39 is 12.2 Å². The van der Waals surface area contributed by atoms with Gasteiger partial charge in [-0.25, -0.2) is 0 Å². The van der Waals surface area contributed by atoms with Crippen LogP contribution in [0.1, 0.15) is 33.3 Å². The molecule has 148 valence electrons. The molecule has 0 aliphatic heterocycles. The van der Waals surface area contributed by atoms with E-state index in [4.69, 9.17) is 9.57 Å². The third-order valence-corrected chi connectivity index (χ3v) is 3.37. The highest BCUT2D eigenvalue weighted by Crippen LogP contribution is 2.12. The highest BCUT2D eigenvalue weighted by molar-refractivity contribution is 5.79. The van der Waals surface area contributed by atoms with Gasteiger partial charge < -0.3 is 30.4 Å². The molecule has 0 amide bonds. The van der Waals surface area contributed by atoms with E-state index in [0.29, 0.717) is 30.9 Å². The molecule has 2 unspecified atom stereocenters. The van der Waals surface area contributed by atoms with E-state index in [1.807, 2.05) is 52.0 Å². The molecule has 7 nitrogen and oxygen atoms in total. The van der Waals surface area contributed by atoms with Gasteiger partial charge in [0.2, 0.25) is 0 Å². The van der Waals surface area contributed by atoms with Gasteiger partial charge in [-0.15, -0.1) is 0 Å². The standard InChI is InChI=1S/C19H33N3O4/c1-14(2)20-10-17(23)12-25-19-7-5-6-16(8-19)9-22-26-13-18(24)11-21-15(3)4/h5-9,14-15,17-18,20-21,23-24H,10-13H2,1-4H3/b22-9+. The van der Waals surface area contributed by atoms with Crippen molar-refractivity contribution in [3.63, 3.8) is 0 Å². The molecule has 0 fully saturated rings. The van der Waals surface area contributed by atoms with Crippen LogP contribution >= 0.6 is 0 Å². The molecule has 1 rings (SSSR count). The summed E-state index contributed by atoms with van der Waals surface area (Å²) in [6, 6.07) is 7.98. The molecule has 0 spiro atoms. The minimum atomic E-state index is -0.606. The van der Waals surface area contributed by atoms with Gasteiger partial charge in [0.15, 0.2) is 0 Å². The van der Waals surface area contributed by atoms with Gasteiger partial charge in [-0.2, -0.15) is 0 Å². The van der Waals surface area contributed by atoms with E-state index in [1.165, 1.54) is 0 Å². The Hall–Kier alpha value is -1.67. The quantitative estimate of drug-likeness (QED) is 0.308. The molecule has 0 saturated heterocycles. The number of oxime groups is 1. The maximum atomic E-state index is 9.87. The normalized spacial score (nSPS) is 14.2. The van der Waals surface area contributed by atoms with Crippen LogP contribution in [0.5, 0.6) is 5.75 Å². The van der Waals surface area contributed by atoms with Gasteiger partial charge in [0, 0.05) is 25.2 Å². The molecule has 0 heterocycles. The van der Waals surface area contributed by atoms with E-state index in [-0.39, 0.29) is 13.2 Å². The topological polar surface area (TPSA) is 95.3 Å². The minimum absolute atomic E-state index is 0.126. The lowest BCUT2D eigenvalue weighted by Crippen LogP contribution is -2.35. The van der Waals surface area contributed by atoms with Crippen molar-refractivity contribution in [2.75, 3.05) is 26.3 Å². The fraction of sp³-hybridized carbons (Fsp3) is 0.632. The zero-order chi connectivity index (χ0) is 19.4. The number of rotatable bonds is 13. The van der Waals surface area contributed by atoms with Gasteiger partial charge in [0.05, 0.1) is 6.21 Å². The first kappa shape index (κ1) is 22.4. The van der Waals surface area contributed by atoms with Crippen LogP contribution in [0, 0.1) is 0 Å². The molecule has 0 bridgehead atoms. The number of nitrogens with one attached hydrogen (secondary N) is 2. The van der Waals surface area contributed by atoms with Gasteiger partial charge in [-0.3, -0.25) is 0 Å². The molecule has 0 aliphatic rings. The molecular formula is C19H33N3O4. The maximum Gasteiger partial charge on any atom is 0.144 e. The Kier molecular flexibility index (Phi) is 10.9. The summed E-state index contributed by atoms with van der Waals surface area (Å²) < 4.78 is 5.60. The van der Waals surface area contributed by atoms with E-state index in [1.54, 1.807) is 6.21 Å². The molecule has 2 atom stereocenters. The predicted octanol–water partition coefficient (Wildman–Crippen LogP) is 1.13. The van der Waals surface area contributed by atoms with Crippen LogP contribution in [0.3, 0.4) is 0 Å². The van der Waals surface area contributed by atoms with Crippen LogP contribution in [-0.2, 0) is 4.84 Å². The lowest BCUT2D eigenvalue weighted by atomic mass is 10.2. The second-order valence-corrected chi connectivity index (χ2v) is 6.85. The molecule has 0 aromatic heterocycles. The van der Waals surface area contributed by atoms with Crippen LogP contribution in [0.4, 0.5) is 0 Å². The van der Waals surface area contributed by atoms with E-state index in [2.05, 4.69) is 15.8 Å². The third kappa shape index (κ3) is 11.0. The second-order valence-electron chi connectivity index (χ2n) is 6.85. The van der Waals surface area contributed by atoms with Gasteiger partial charge in [0.25, 0.3) is 0 Å². The van der Waals surface area contributed by atoms with Crippen molar-refractivity contribution >= 4 is 6.21 Å². The number of nitrogens with zero attached hydrogens (tertiary/aromatic N) is 1. The fourth-order valence-electron chi connectivity index (χ4n) is 1.97. The van der Waals surface area contributed by atoms with Crippen LogP contribution in [0.25, 0.3) is 0 Å². The monoisotopic (exact) mass is 367 g/mol. The Morgan fingerprint density at radius 1 is 1.00 bits per heavy atom. The Morgan fingerprint density at radius 2 is 1.62 bits per heavy atom. The first-order valence-corrected chi connectivity index (χ1v) is 9.08. The fourth-order valence-corrected chi connectivity index (χ4v) is 1.97. The Morgan fingerprint density at radius 3 is 2.23 bits per heavy atom. The van der Waals surface area contributed by atoms with Crippen molar-refractivity contribution in [2.45, 2.75) is 52.0 Å². The van der Waals surface area contributed by atoms with Crippen LogP contribution in [0.2, 0.25) is 0 Å². The van der Waals surface area contributed by atoms with Crippen molar-refractivity contribution in [3.8, 4) is 5.75 Å². The van der Waals surface area contributed by atoms with E-state index in [9.17, 15) is 10.2 Å². The summed E-state index contributed by atoms with van der Waals surface area (Å²) >= 11 is 0.